The van der Waals surface area contributed by atoms with Gasteiger partial charge in [0.05, 0.1) is 17.6 Å². The molecule has 2 N–H and O–H groups in total. The maximum Gasteiger partial charge on any atom is 0.394 e. The van der Waals surface area contributed by atoms with E-state index in [0.717, 1.165) is 32.1 Å². The number of fused-ring (bicyclic) bond motifs is 6. The van der Waals surface area contributed by atoms with Crippen LogP contribution in [0.15, 0.2) is 78.0 Å². The predicted octanol–water partition coefficient (Wildman–Crippen LogP) is 6.95. The predicted molar refractivity (Wildman–Crippen MR) is 194 cm³/mol. The van der Waals surface area contributed by atoms with Gasteiger partial charge in [0.2, 0.25) is 5.88 Å². The highest BCUT2D eigenvalue weighted by atomic mass is 32.2. The summed E-state index contributed by atoms with van der Waals surface area (Å²) in [5.41, 5.74) is -0.769. The molecule has 1 aromatic carbocycles. The molecule has 4 bridgehead atoms. The molecule has 2 fully saturated rings. The van der Waals surface area contributed by atoms with Crippen molar-refractivity contribution >= 4 is 27.6 Å². The van der Waals surface area contributed by atoms with Crippen LogP contribution >= 0.6 is 0 Å². The third-order valence-corrected chi connectivity index (χ3v) is 12.2. The fourth-order valence-electron chi connectivity index (χ4n) is 7.73. The van der Waals surface area contributed by atoms with Crippen LogP contribution in [0, 0.1) is 17.3 Å². The van der Waals surface area contributed by atoms with Crippen LogP contribution in [0.25, 0.3) is 5.82 Å². The van der Waals surface area contributed by atoms with Crippen molar-refractivity contribution in [3.63, 3.8) is 0 Å². The van der Waals surface area contributed by atoms with Crippen molar-refractivity contribution in [1.82, 2.24) is 24.5 Å². The lowest BCUT2D eigenvalue weighted by Crippen LogP contribution is -2.41. The van der Waals surface area contributed by atoms with Crippen molar-refractivity contribution in [1.29, 1.82) is 0 Å². The Balaban J connectivity index is 1.19. The Bertz CT molecular complexity index is 2050. The topological polar surface area (TPSA) is 131 Å². The zero-order chi connectivity index (χ0) is 37.4. The van der Waals surface area contributed by atoms with Crippen molar-refractivity contribution in [3.8, 4) is 11.7 Å². The van der Waals surface area contributed by atoms with Gasteiger partial charge in [-0.2, -0.15) is 21.6 Å². The summed E-state index contributed by atoms with van der Waals surface area (Å²) in [5, 5.41) is 7.44. The van der Waals surface area contributed by atoms with Gasteiger partial charge in [0.15, 0.2) is 10.8 Å². The summed E-state index contributed by atoms with van der Waals surface area (Å²) >= 11 is 0. The van der Waals surface area contributed by atoms with Crippen molar-refractivity contribution in [2.24, 2.45) is 17.3 Å². The summed E-state index contributed by atoms with van der Waals surface area (Å²) in [5.74, 6) is 0.897. The second-order valence-corrected chi connectivity index (χ2v) is 16.7. The number of aromatic nitrogens is 4. The molecule has 1 saturated heterocycles. The smallest absolute Gasteiger partial charge is 0.394 e. The van der Waals surface area contributed by atoms with E-state index in [-0.39, 0.29) is 48.3 Å². The molecule has 2 unspecified atom stereocenters. The molecule has 3 aliphatic rings. The number of aryl methyl sites for hydroxylation is 1. The molecule has 53 heavy (non-hydrogen) atoms. The van der Waals surface area contributed by atoms with Crippen LogP contribution in [0.1, 0.15) is 74.7 Å². The number of ether oxygens (including phenoxy) is 1. The number of pyridine rings is 2. The number of amides is 1. The standard InChI is InChI=1S/C38H44F3N7O4S/c1-36(2)24-28-25-47(36)34-29(14-15-31(44-34)48-22-17-32(45-48)52-23-20-37(18-19-37)38(39,40)41)35(49)46-53(50,51)33-13-7-12-30(43-33)42-21-16-27(28)11-6-10-26-8-4-3-5-9-26/h3-5,7-9,12-15,17,22,27-28H,6,10-11,16,18-21,23-25H2,1-2H3,(H,42,43)(H,46,49). The van der Waals surface area contributed by atoms with E-state index in [4.69, 9.17) is 9.72 Å². The maximum absolute atomic E-state index is 13.9. The third-order valence-electron chi connectivity index (χ3n) is 11.0. The van der Waals surface area contributed by atoms with Gasteiger partial charge in [-0.1, -0.05) is 36.4 Å². The number of anilines is 2. The van der Waals surface area contributed by atoms with E-state index in [9.17, 15) is 26.4 Å². The van der Waals surface area contributed by atoms with Gasteiger partial charge < -0.3 is 15.0 Å². The highest BCUT2D eigenvalue weighted by Gasteiger charge is 2.62. The monoisotopic (exact) mass is 751 g/mol. The summed E-state index contributed by atoms with van der Waals surface area (Å²) in [7, 11) is -4.35. The lowest BCUT2D eigenvalue weighted by atomic mass is 9.81. The van der Waals surface area contributed by atoms with Crippen molar-refractivity contribution in [2.45, 2.75) is 82.0 Å². The highest BCUT2D eigenvalue weighted by Crippen LogP contribution is 2.59. The largest absolute Gasteiger partial charge is 0.477 e. The number of benzene rings is 1. The minimum atomic E-state index is -4.35. The fourth-order valence-corrected chi connectivity index (χ4v) is 8.67. The average molecular weight is 752 g/mol. The average Bonchev–Trinajstić information content (AvgIpc) is 3.66. The van der Waals surface area contributed by atoms with Crippen molar-refractivity contribution < 1.29 is 31.1 Å². The molecule has 3 aromatic heterocycles. The molecule has 1 saturated carbocycles. The fraction of sp³-hybridized carbons (Fsp3) is 0.474. The van der Waals surface area contributed by atoms with Crippen LogP contribution in [0.3, 0.4) is 0 Å². The Kier molecular flexibility index (Phi) is 9.89. The van der Waals surface area contributed by atoms with E-state index < -0.39 is 33.1 Å². The molecule has 11 nitrogen and oxygen atoms in total. The third kappa shape index (κ3) is 7.99. The van der Waals surface area contributed by atoms with E-state index in [1.165, 1.54) is 22.4 Å². The van der Waals surface area contributed by atoms with Gasteiger partial charge in [0.1, 0.15) is 11.6 Å². The number of nitrogens with one attached hydrogen (secondary N) is 2. The Hall–Kier alpha value is -4.66. The second kappa shape index (κ2) is 14.3. The molecule has 2 aliphatic heterocycles. The van der Waals surface area contributed by atoms with Gasteiger partial charge in [0, 0.05) is 30.9 Å². The van der Waals surface area contributed by atoms with Crippen LogP contribution in [-0.4, -0.2) is 65.5 Å². The van der Waals surface area contributed by atoms with Gasteiger partial charge in [-0.25, -0.2) is 19.4 Å². The maximum atomic E-state index is 13.9. The summed E-state index contributed by atoms with van der Waals surface area (Å²) in [6.45, 7) is 5.25. The van der Waals surface area contributed by atoms with Crippen LogP contribution in [0.2, 0.25) is 0 Å². The normalized spacial score (nSPS) is 21.8. The van der Waals surface area contributed by atoms with E-state index in [2.05, 4.69) is 63.1 Å². The SMILES string of the molecule is CC1(C)CC2CN1c1nc(-n3ccc(OCCC4(C(F)(F)F)CC4)n3)ccc1C(=O)NS(=O)(=O)c1cccc(n1)NCCC2CCCc1ccccc1. The number of nitrogens with zero attached hydrogens (tertiary/aromatic N) is 5. The Morgan fingerprint density at radius 2 is 1.79 bits per heavy atom. The number of carbonyl (C=O) groups is 1. The van der Waals surface area contributed by atoms with Crippen molar-refractivity contribution in [2.75, 3.05) is 29.9 Å². The molecule has 0 spiro atoms. The first kappa shape index (κ1) is 36.7. The van der Waals surface area contributed by atoms with E-state index >= 15 is 0 Å². The van der Waals surface area contributed by atoms with Gasteiger partial charge in [-0.05, 0) is 107 Å². The van der Waals surface area contributed by atoms with E-state index in [1.807, 2.05) is 6.07 Å². The Morgan fingerprint density at radius 1 is 1.00 bits per heavy atom. The summed E-state index contributed by atoms with van der Waals surface area (Å²) in [6, 6.07) is 19.7. The molecular weight excluding hydrogens is 708 g/mol. The number of sulfonamides is 1. The highest BCUT2D eigenvalue weighted by molar-refractivity contribution is 7.90. The van der Waals surface area contributed by atoms with Crippen molar-refractivity contribution in [3.05, 3.63) is 84.1 Å². The summed E-state index contributed by atoms with van der Waals surface area (Å²) < 4.78 is 76.4. The lowest BCUT2D eigenvalue weighted by Gasteiger charge is -2.34. The number of alkyl halides is 3. The molecule has 1 aliphatic carbocycles. The Morgan fingerprint density at radius 3 is 2.55 bits per heavy atom. The molecule has 0 radical (unpaired) electrons. The van der Waals surface area contributed by atoms with Crippen LogP contribution < -0.4 is 19.7 Å². The van der Waals surface area contributed by atoms with Gasteiger partial charge in [-0.15, -0.1) is 5.10 Å². The number of carbonyl (C=O) groups excluding carboxylic acids is 1. The lowest BCUT2D eigenvalue weighted by molar-refractivity contribution is -0.190. The number of hydrogen-bond donors (Lipinski definition) is 2. The molecule has 282 valence electrons. The molecule has 7 rings (SSSR count). The molecular formula is C38H44F3N7O4S. The zero-order valence-corrected chi connectivity index (χ0v) is 30.6. The van der Waals surface area contributed by atoms with Gasteiger partial charge in [0.25, 0.3) is 15.9 Å². The first-order valence-electron chi connectivity index (χ1n) is 18.1. The first-order valence-corrected chi connectivity index (χ1v) is 19.6. The summed E-state index contributed by atoms with van der Waals surface area (Å²) in [6.07, 6.45) is 1.97. The molecule has 2 atom stereocenters. The molecule has 1 amide bonds. The molecule has 5 heterocycles. The molecule has 15 heteroatoms. The minimum absolute atomic E-state index is 0.0707. The van der Waals surface area contributed by atoms with Gasteiger partial charge in [-0.3, -0.25) is 4.79 Å². The minimum Gasteiger partial charge on any atom is -0.477 e. The summed E-state index contributed by atoms with van der Waals surface area (Å²) in [4.78, 5) is 25.2. The number of rotatable bonds is 9. The van der Waals surface area contributed by atoms with E-state index in [1.54, 1.807) is 30.5 Å². The van der Waals surface area contributed by atoms with Gasteiger partial charge >= 0.3 is 6.18 Å². The van der Waals surface area contributed by atoms with Crippen LogP contribution in [-0.2, 0) is 16.4 Å². The number of halogens is 3. The molecule has 4 aromatic rings. The zero-order valence-electron chi connectivity index (χ0n) is 29.8. The first-order chi connectivity index (χ1) is 25.2. The quantitative estimate of drug-likeness (QED) is 0.187. The van der Waals surface area contributed by atoms with Crippen LogP contribution in [0.4, 0.5) is 24.8 Å². The number of hydrogen-bond acceptors (Lipinski definition) is 9. The Labute approximate surface area is 307 Å². The second-order valence-electron chi connectivity index (χ2n) is 15.1. The van der Waals surface area contributed by atoms with Crippen LogP contribution in [0.5, 0.6) is 5.88 Å². The van der Waals surface area contributed by atoms with E-state index in [0.29, 0.717) is 36.5 Å².